The summed E-state index contributed by atoms with van der Waals surface area (Å²) >= 11 is 0. The van der Waals surface area contributed by atoms with Crippen LogP contribution in [0.5, 0.6) is 0 Å². The average Bonchev–Trinajstić information content (AvgIpc) is 3.09. The summed E-state index contributed by atoms with van der Waals surface area (Å²) in [6, 6.07) is 0. The zero-order chi connectivity index (χ0) is 13.7. The fraction of sp³-hybridized carbons (Fsp3) is 1.00. The third-order valence-electron chi connectivity index (χ3n) is 5.72. The molecule has 1 aliphatic carbocycles. The molecule has 2 nitrogen and oxygen atoms in total. The van der Waals surface area contributed by atoms with Gasteiger partial charge < -0.3 is 10.1 Å². The second kappa shape index (κ2) is 4.46. The van der Waals surface area contributed by atoms with Crippen molar-refractivity contribution < 1.29 is 4.74 Å². The van der Waals surface area contributed by atoms with E-state index in [2.05, 4.69) is 33.0 Å². The number of hydrogen-bond acceptors (Lipinski definition) is 2. The van der Waals surface area contributed by atoms with Crippen molar-refractivity contribution in [2.24, 2.45) is 11.8 Å². The van der Waals surface area contributed by atoms with Gasteiger partial charge in [0, 0.05) is 11.5 Å². The van der Waals surface area contributed by atoms with E-state index >= 15 is 0 Å². The maximum Gasteiger partial charge on any atom is 0.0680 e. The normalized spacial score (nSPS) is 42.0. The Morgan fingerprint density at radius 1 is 1.00 bits per heavy atom. The fourth-order valence-electron chi connectivity index (χ4n) is 5.02. The first-order chi connectivity index (χ1) is 8.86. The highest BCUT2D eigenvalue weighted by Crippen LogP contribution is 2.56. The molecule has 3 fully saturated rings. The second-order valence-corrected chi connectivity index (χ2v) is 8.27. The monoisotopic (exact) mass is 265 g/mol. The molecule has 0 aromatic rings. The van der Waals surface area contributed by atoms with Gasteiger partial charge in [0.2, 0.25) is 0 Å². The van der Waals surface area contributed by atoms with Gasteiger partial charge in [-0.05, 0) is 72.3 Å². The van der Waals surface area contributed by atoms with Gasteiger partial charge in [-0.1, -0.05) is 12.8 Å². The lowest BCUT2D eigenvalue weighted by Crippen LogP contribution is -2.57. The van der Waals surface area contributed by atoms with Gasteiger partial charge in [0.15, 0.2) is 0 Å². The van der Waals surface area contributed by atoms with Gasteiger partial charge >= 0.3 is 0 Å². The molecular weight excluding hydrogens is 234 g/mol. The number of ether oxygens (including phenoxy) is 1. The summed E-state index contributed by atoms with van der Waals surface area (Å²) in [5.41, 5.74) is 0.432. The van der Waals surface area contributed by atoms with Gasteiger partial charge in [0.1, 0.15) is 0 Å². The highest BCUT2D eigenvalue weighted by Gasteiger charge is 2.59. The minimum absolute atomic E-state index is 0.0173. The van der Waals surface area contributed by atoms with Crippen LogP contribution in [0.2, 0.25) is 0 Å². The highest BCUT2D eigenvalue weighted by atomic mass is 16.5. The van der Waals surface area contributed by atoms with Crippen LogP contribution < -0.4 is 5.32 Å². The van der Waals surface area contributed by atoms with E-state index in [9.17, 15) is 0 Å². The van der Waals surface area contributed by atoms with E-state index in [-0.39, 0.29) is 11.2 Å². The summed E-state index contributed by atoms with van der Waals surface area (Å²) in [7, 11) is 0. The van der Waals surface area contributed by atoms with Crippen molar-refractivity contribution in [3.05, 3.63) is 0 Å². The van der Waals surface area contributed by atoms with E-state index < -0.39 is 0 Å². The molecule has 0 aromatic carbocycles. The predicted octanol–water partition coefficient (Wildman–Crippen LogP) is 3.89. The van der Waals surface area contributed by atoms with Crippen molar-refractivity contribution >= 4 is 0 Å². The summed E-state index contributed by atoms with van der Waals surface area (Å²) in [6.45, 7) is 10.4. The number of hydrogen-bond donors (Lipinski definition) is 1. The lowest BCUT2D eigenvalue weighted by molar-refractivity contribution is -0.0864. The molecule has 2 atom stereocenters. The van der Waals surface area contributed by atoms with Crippen LogP contribution >= 0.6 is 0 Å². The molecule has 110 valence electrons. The molecule has 0 spiro atoms. The lowest BCUT2D eigenvalue weighted by Gasteiger charge is -2.45. The number of nitrogens with one attached hydrogen (secondary N) is 1. The third kappa shape index (κ3) is 2.47. The first kappa shape index (κ1) is 13.9. The molecule has 3 aliphatic rings. The minimum Gasteiger partial charge on any atom is -0.369 e. The standard InChI is InChI=1S/C17H31NO/c1-15(2)12-14(16(3,4)19-15)17(13-8-9-13)10-6-5-7-11-18-17/h13-14,18H,5-12H2,1-4H3. The molecule has 2 saturated heterocycles. The van der Waals surface area contributed by atoms with Gasteiger partial charge in [-0.15, -0.1) is 0 Å². The largest absolute Gasteiger partial charge is 0.369 e. The molecule has 2 heteroatoms. The Labute approximate surface area is 118 Å². The molecule has 2 heterocycles. The lowest BCUT2D eigenvalue weighted by atomic mass is 9.67. The van der Waals surface area contributed by atoms with E-state index in [4.69, 9.17) is 4.74 Å². The average molecular weight is 265 g/mol. The topological polar surface area (TPSA) is 21.3 Å². The maximum atomic E-state index is 6.41. The smallest absolute Gasteiger partial charge is 0.0680 e. The SMILES string of the molecule is CC1(C)CC(C2(C3CC3)CCCCCN2)C(C)(C)O1. The first-order valence-electron chi connectivity index (χ1n) is 8.31. The Hall–Kier alpha value is -0.0800. The van der Waals surface area contributed by atoms with E-state index in [0.717, 1.165) is 5.92 Å². The fourth-order valence-corrected chi connectivity index (χ4v) is 5.02. The molecule has 0 aromatic heterocycles. The Bertz CT molecular complexity index is 335. The van der Waals surface area contributed by atoms with Crippen molar-refractivity contribution in [1.82, 2.24) is 5.32 Å². The van der Waals surface area contributed by atoms with Crippen LogP contribution in [0, 0.1) is 11.8 Å². The van der Waals surface area contributed by atoms with E-state index in [1.54, 1.807) is 0 Å². The Morgan fingerprint density at radius 3 is 2.32 bits per heavy atom. The van der Waals surface area contributed by atoms with Crippen molar-refractivity contribution in [1.29, 1.82) is 0 Å². The van der Waals surface area contributed by atoms with E-state index in [0.29, 0.717) is 11.5 Å². The Kier molecular flexibility index (Phi) is 3.26. The molecule has 1 saturated carbocycles. The van der Waals surface area contributed by atoms with Crippen molar-refractivity contribution in [2.75, 3.05) is 6.54 Å². The molecule has 1 N–H and O–H groups in total. The molecule has 3 rings (SSSR count). The highest BCUT2D eigenvalue weighted by molar-refractivity contribution is 5.13. The van der Waals surface area contributed by atoms with Crippen LogP contribution in [0.15, 0.2) is 0 Å². The second-order valence-electron chi connectivity index (χ2n) is 8.27. The van der Waals surface area contributed by atoms with Crippen LogP contribution in [0.1, 0.15) is 72.6 Å². The third-order valence-corrected chi connectivity index (χ3v) is 5.72. The first-order valence-corrected chi connectivity index (χ1v) is 8.31. The molecule has 0 amide bonds. The van der Waals surface area contributed by atoms with Crippen molar-refractivity contribution in [3.8, 4) is 0 Å². The summed E-state index contributed by atoms with van der Waals surface area (Å²) in [5, 5.41) is 4.01. The van der Waals surface area contributed by atoms with E-state index in [1.807, 2.05) is 0 Å². The van der Waals surface area contributed by atoms with Gasteiger partial charge in [0.25, 0.3) is 0 Å². The summed E-state index contributed by atoms with van der Waals surface area (Å²) in [5.74, 6) is 1.58. The van der Waals surface area contributed by atoms with Crippen LogP contribution in [0.3, 0.4) is 0 Å². The van der Waals surface area contributed by atoms with Crippen molar-refractivity contribution in [2.45, 2.75) is 89.4 Å². The van der Waals surface area contributed by atoms with Crippen LogP contribution in [0.4, 0.5) is 0 Å². The molecule has 19 heavy (non-hydrogen) atoms. The van der Waals surface area contributed by atoms with Crippen molar-refractivity contribution in [3.63, 3.8) is 0 Å². The Morgan fingerprint density at radius 2 is 1.74 bits per heavy atom. The molecular formula is C17H31NO. The van der Waals surface area contributed by atoms with Crippen LogP contribution in [-0.4, -0.2) is 23.3 Å². The molecule has 0 radical (unpaired) electrons. The maximum absolute atomic E-state index is 6.41. The summed E-state index contributed by atoms with van der Waals surface area (Å²) < 4.78 is 6.41. The zero-order valence-corrected chi connectivity index (χ0v) is 13.2. The van der Waals surface area contributed by atoms with E-state index in [1.165, 1.54) is 51.5 Å². The number of rotatable bonds is 2. The predicted molar refractivity (Wildman–Crippen MR) is 79.3 cm³/mol. The van der Waals surface area contributed by atoms with Gasteiger partial charge in [-0.2, -0.15) is 0 Å². The molecule has 2 unspecified atom stereocenters. The summed E-state index contributed by atoms with van der Waals surface area (Å²) in [6.07, 6.45) is 9.59. The minimum atomic E-state index is 0.0173. The Balaban J connectivity index is 1.91. The van der Waals surface area contributed by atoms with Gasteiger partial charge in [0.05, 0.1) is 11.2 Å². The summed E-state index contributed by atoms with van der Waals surface area (Å²) in [4.78, 5) is 0. The quantitative estimate of drug-likeness (QED) is 0.818. The molecule has 0 bridgehead atoms. The molecule has 2 aliphatic heterocycles. The van der Waals surface area contributed by atoms with Crippen LogP contribution in [0.25, 0.3) is 0 Å². The van der Waals surface area contributed by atoms with Gasteiger partial charge in [-0.25, -0.2) is 0 Å². The zero-order valence-electron chi connectivity index (χ0n) is 13.2. The van der Waals surface area contributed by atoms with Gasteiger partial charge in [-0.3, -0.25) is 0 Å². The van der Waals surface area contributed by atoms with Crippen LogP contribution in [-0.2, 0) is 4.74 Å².